The molecular weight excluding hydrogens is 466 g/mol. The quantitative estimate of drug-likeness (QED) is 0.537. The second kappa shape index (κ2) is 8.29. The highest BCUT2D eigenvalue weighted by Gasteiger charge is 2.28. The summed E-state index contributed by atoms with van der Waals surface area (Å²) in [5, 5.41) is 2.77. The molecule has 0 unspecified atom stereocenters. The van der Waals surface area contributed by atoms with Crippen molar-refractivity contribution in [3.05, 3.63) is 76.4 Å². The Labute approximate surface area is 183 Å². The highest BCUT2D eigenvalue weighted by Crippen LogP contribution is 2.25. The molecule has 2 aromatic carbocycles. The third-order valence-electron chi connectivity index (χ3n) is 4.75. The van der Waals surface area contributed by atoms with Crippen LogP contribution >= 0.6 is 15.9 Å². The molecule has 1 fully saturated rings. The topological polar surface area (TPSA) is 88.2 Å². The lowest BCUT2D eigenvalue weighted by Crippen LogP contribution is -2.25. The molecule has 8 heteroatoms. The summed E-state index contributed by atoms with van der Waals surface area (Å²) in [6, 6.07) is 17.6. The molecule has 6 nitrogen and oxygen atoms in total. The number of halogens is 1. The van der Waals surface area contributed by atoms with Gasteiger partial charge in [-0.15, -0.1) is 0 Å². The molecule has 1 heterocycles. The largest absolute Gasteiger partial charge is 0.322 e. The molecule has 0 bridgehead atoms. The van der Waals surface area contributed by atoms with E-state index in [0.29, 0.717) is 16.9 Å². The highest BCUT2D eigenvalue weighted by molar-refractivity contribution is 9.10. The number of carbonyl (C=O) groups is 1. The number of anilines is 1. The molecule has 1 aliphatic rings. The van der Waals surface area contributed by atoms with Crippen molar-refractivity contribution >= 4 is 37.5 Å². The number of carbonyl (C=O) groups excluding carboxylic acids is 1. The van der Waals surface area contributed by atoms with Crippen LogP contribution in [-0.4, -0.2) is 25.4 Å². The van der Waals surface area contributed by atoms with Crippen LogP contribution in [-0.2, 0) is 10.0 Å². The standard InChI is InChI=1S/C22H20BrN3O3S/c1-14-20(10-11-21(24-14)15-4-2-5-16(23)12-15)22(27)25-18-6-3-7-19(13-18)30(28,29)26-17-8-9-17/h2-7,10-13,17,26H,8-9H2,1H3,(H,25,27). The normalized spacial score (nSPS) is 13.8. The van der Waals surface area contributed by atoms with Gasteiger partial charge in [0.1, 0.15) is 0 Å². The van der Waals surface area contributed by atoms with Gasteiger partial charge in [-0.05, 0) is 62.2 Å². The number of hydrogen-bond acceptors (Lipinski definition) is 4. The number of hydrogen-bond donors (Lipinski definition) is 2. The SMILES string of the molecule is Cc1nc(-c2cccc(Br)c2)ccc1C(=O)Nc1cccc(S(=O)(=O)NC2CC2)c1. The van der Waals surface area contributed by atoms with E-state index < -0.39 is 10.0 Å². The molecule has 30 heavy (non-hydrogen) atoms. The summed E-state index contributed by atoms with van der Waals surface area (Å²) in [6.45, 7) is 1.77. The average Bonchev–Trinajstić information content (AvgIpc) is 3.51. The zero-order valence-electron chi connectivity index (χ0n) is 16.2. The first-order valence-electron chi connectivity index (χ1n) is 9.49. The minimum Gasteiger partial charge on any atom is -0.322 e. The molecule has 0 saturated heterocycles. The third-order valence-corrected chi connectivity index (χ3v) is 6.76. The number of benzene rings is 2. The van der Waals surface area contributed by atoms with Gasteiger partial charge >= 0.3 is 0 Å². The van der Waals surface area contributed by atoms with Crippen molar-refractivity contribution in [2.45, 2.75) is 30.7 Å². The van der Waals surface area contributed by atoms with E-state index in [1.54, 1.807) is 31.2 Å². The Balaban J connectivity index is 1.53. The van der Waals surface area contributed by atoms with Crippen molar-refractivity contribution < 1.29 is 13.2 Å². The summed E-state index contributed by atoms with van der Waals surface area (Å²) in [5.74, 6) is -0.342. The summed E-state index contributed by atoms with van der Waals surface area (Å²) < 4.78 is 28.4. The van der Waals surface area contributed by atoms with Gasteiger partial charge in [-0.2, -0.15) is 0 Å². The van der Waals surface area contributed by atoms with E-state index in [1.807, 2.05) is 24.3 Å². The molecule has 3 aromatic rings. The molecule has 0 radical (unpaired) electrons. The predicted octanol–water partition coefficient (Wildman–Crippen LogP) is 4.51. The minimum atomic E-state index is -3.59. The Morgan fingerprint density at radius 2 is 1.83 bits per heavy atom. The van der Waals surface area contributed by atoms with Gasteiger partial charge in [0.2, 0.25) is 10.0 Å². The summed E-state index contributed by atoms with van der Waals surface area (Å²) in [5.41, 5.74) is 3.14. The van der Waals surface area contributed by atoms with Gasteiger partial charge in [0.15, 0.2) is 0 Å². The summed E-state index contributed by atoms with van der Waals surface area (Å²) >= 11 is 3.45. The first-order valence-corrected chi connectivity index (χ1v) is 11.8. The van der Waals surface area contributed by atoms with E-state index in [9.17, 15) is 13.2 Å². The summed E-state index contributed by atoms with van der Waals surface area (Å²) in [7, 11) is -3.59. The number of pyridine rings is 1. The van der Waals surface area contributed by atoms with Crippen LogP contribution in [0, 0.1) is 6.92 Å². The van der Waals surface area contributed by atoms with Crippen LogP contribution in [0.4, 0.5) is 5.69 Å². The van der Waals surface area contributed by atoms with E-state index >= 15 is 0 Å². The van der Waals surface area contributed by atoms with Crippen LogP contribution in [0.2, 0.25) is 0 Å². The molecule has 2 N–H and O–H groups in total. The van der Waals surface area contributed by atoms with Gasteiger partial charge in [0.25, 0.3) is 5.91 Å². The second-order valence-corrected chi connectivity index (χ2v) is 9.85. The third kappa shape index (κ3) is 4.77. The van der Waals surface area contributed by atoms with Gasteiger partial charge in [-0.25, -0.2) is 13.1 Å². The molecule has 1 aliphatic carbocycles. The van der Waals surface area contributed by atoms with Gasteiger partial charge < -0.3 is 5.32 Å². The summed E-state index contributed by atoms with van der Waals surface area (Å²) in [4.78, 5) is 17.4. The number of amides is 1. The fraction of sp³-hybridized carbons (Fsp3) is 0.182. The maximum Gasteiger partial charge on any atom is 0.257 e. The van der Waals surface area contributed by atoms with Gasteiger partial charge in [-0.3, -0.25) is 9.78 Å². The zero-order valence-corrected chi connectivity index (χ0v) is 18.6. The molecule has 1 aromatic heterocycles. The van der Waals surface area contributed by atoms with Crippen molar-refractivity contribution in [2.24, 2.45) is 0 Å². The van der Waals surface area contributed by atoms with Crippen molar-refractivity contribution in [1.82, 2.24) is 9.71 Å². The predicted molar refractivity (Wildman–Crippen MR) is 120 cm³/mol. The minimum absolute atomic E-state index is 0.0192. The Morgan fingerprint density at radius 3 is 2.53 bits per heavy atom. The second-order valence-electron chi connectivity index (χ2n) is 7.22. The maximum atomic E-state index is 12.8. The smallest absolute Gasteiger partial charge is 0.257 e. The van der Waals surface area contributed by atoms with E-state index in [2.05, 4.69) is 31.0 Å². The Bertz CT molecular complexity index is 1220. The van der Waals surface area contributed by atoms with E-state index in [1.165, 1.54) is 12.1 Å². The van der Waals surface area contributed by atoms with Crippen molar-refractivity contribution in [1.29, 1.82) is 0 Å². The fourth-order valence-electron chi connectivity index (χ4n) is 3.04. The fourth-order valence-corrected chi connectivity index (χ4v) is 4.79. The van der Waals surface area contributed by atoms with Crippen LogP contribution in [0.3, 0.4) is 0 Å². The van der Waals surface area contributed by atoms with Gasteiger partial charge in [0, 0.05) is 21.8 Å². The monoisotopic (exact) mass is 485 g/mol. The molecule has 154 valence electrons. The molecule has 0 spiro atoms. The number of rotatable bonds is 6. The van der Waals surface area contributed by atoms with Crippen LogP contribution in [0.1, 0.15) is 28.9 Å². The zero-order chi connectivity index (χ0) is 21.3. The van der Waals surface area contributed by atoms with Crippen LogP contribution in [0.25, 0.3) is 11.3 Å². The lowest BCUT2D eigenvalue weighted by Gasteiger charge is -2.11. The Kier molecular flexibility index (Phi) is 5.73. The number of nitrogens with zero attached hydrogens (tertiary/aromatic N) is 1. The Morgan fingerprint density at radius 1 is 1.07 bits per heavy atom. The van der Waals surface area contributed by atoms with E-state index in [4.69, 9.17) is 0 Å². The summed E-state index contributed by atoms with van der Waals surface area (Å²) in [6.07, 6.45) is 1.72. The number of aromatic nitrogens is 1. The molecular formula is C22H20BrN3O3S. The Hall–Kier alpha value is -2.55. The first-order chi connectivity index (χ1) is 14.3. The van der Waals surface area contributed by atoms with E-state index in [-0.39, 0.29) is 16.8 Å². The first kappa shape index (κ1) is 20.7. The van der Waals surface area contributed by atoms with Gasteiger partial charge in [0.05, 0.1) is 21.8 Å². The maximum absolute atomic E-state index is 12.8. The van der Waals surface area contributed by atoms with Gasteiger partial charge in [-0.1, -0.05) is 34.1 Å². The lowest BCUT2D eigenvalue weighted by molar-refractivity contribution is 0.102. The van der Waals surface area contributed by atoms with Crippen LogP contribution < -0.4 is 10.0 Å². The number of nitrogens with one attached hydrogen (secondary N) is 2. The number of aryl methyl sites for hydroxylation is 1. The highest BCUT2D eigenvalue weighted by atomic mass is 79.9. The molecule has 1 amide bonds. The van der Waals surface area contributed by atoms with Crippen molar-refractivity contribution in [3.8, 4) is 11.3 Å². The average molecular weight is 486 g/mol. The van der Waals surface area contributed by atoms with Crippen LogP contribution in [0.5, 0.6) is 0 Å². The molecule has 0 aliphatic heterocycles. The van der Waals surface area contributed by atoms with Crippen molar-refractivity contribution in [3.63, 3.8) is 0 Å². The van der Waals surface area contributed by atoms with Crippen molar-refractivity contribution in [2.75, 3.05) is 5.32 Å². The van der Waals surface area contributed by atoms with Crippen LogP contribution in [0.15, 0.2) is 70.0 Å². The molecule has 4 rings (SSSR count). The lowest BCUT2D eigenvalue weighted by atomic mass is 10.1. The molecule has 0 atom stereocenters. The number of sulfonamides is 1. The van der Waals surface area contributed by atoms with E-state index in [0.717, 1.165) is 28.6 Å². The molecule has 1 saturated carbocycles.